The van der Waals surface area contributed by atoms with E-state index in [1.165, 1.54) is 18.2 Å². The minimum atomic E-state index is -4.99. The van der Waals surface area contributed by atoms with Crippen molar-refractivity contribution in [2.45, 2.75) is 22.9 Å². The molecule has 3 aromatic carbocycles. The number of benzene rings is 3. The number of carbonyl (C=O) groups is 3. The fourth-order valence-corrected chi connectivity index (χ4v) is 5.10. The molecule has 1 saturated carbocycles. The molecule has 222 valence electrons. The van der Waals surface area contributed by atoms with Crippen LogP contribution >= 0.6 is 34.8 Å². The van der Waals surface area contributed by atoms with Crippen LogP contribution in [0.5, 0.6) is 0 Å². The molecule has 3 N–H and O–H groups in total. The first-order valence-corrected chi connectivity index (χ1v) is 12.7. The van der Waals surface area contributed by atoms with Crippen LogP contribution in [0.25, 0.3) is 0 Å². The zero-order valence-corrected chi connectivity index (χ0v) is 22.7. The van der Waals surface area contributed by atoms with Gasteiger partial charge in [0.1, 0.15) is 16.0 Å². The van der Waals surface area contributed by atoms with Crippen molar-refractivity contribution in [3.05, 3.63) is 87.9 Å². The topological polar surface area (TPSA) is 87.3 Å². The maximum atomic E-state index is 14.5. The Kier molecular flexibility index (Phi) is 8.68. The van der Waals surface area contributed by atoms with E-state index >= 15 is 0 Å². The van der Waals surface area contributed by atoms with E-state index in [1.54, 1.807) is 5.32 Å². The van der Waals surface area contributed by atoms with Gasteiger partial charge in [-0.05, 0) is 54.1 Å². The molecule has 16 heteroatoms. The lowest BCUT2D eigenvalue weighted by Crippen LogP contribution is -2.20. The molecule has 6 nitrogen and oxygen atoms in total. The number of amides is 3. The lowest BCUT2D eigenvalue weighted by atomic mass is 10.0. The van der Waals surface area contributed by atoms with Gasteiger partial charge in [0, 0.05) is 17.3 Å². The van der Waals surface area contributed by atoms with E-state index in [1.807, 2.05) is 0 Å². The van der Waals surface area contributed by atoms with Crippen LogP contribution in [0.2, 0.25) is 5.02 Å². The SMILES string of the molecule is O=C(Nc1cc(NC(=O)[C@H]2[C@H](c3ccc(F)c(C(F)(F)F)c3)C2(Cl)Cl)ccc1Cl)c1ccc(NC(=O)C(F)F)cc1F. The van der Waals surface area contributed by atoms with Gasteiger partial charge in [-0.3, -0.25) is 14.4 Å². The molecule has 1 fully saturated rings. The minimum absolute atomic E-state index is 0.0371. The summed E-state index contributed by atoms with van der Waals surface area (Å²) in [6.07, 6.45) is -8.33. The summed E-state index contributed by atoms with van der Waals surface area (Å²) >= 11 is 18.5. The van der Waals surface area contributed by atoms with Crippen molar-refractivity contribution in [2.75, 3.05) is 16.0 Å². The van der Waals surface area contributed by atoms with Gasteiger partial charge in [-0.1, -0.05) is 17.7 Å². The highest BCUT2D eigenvalue weighted by Crippen LogP contribution is 2.65. The van der Waals surface area contributed by atoms with Crippen molar-refractivity contribution in [2.24, 2.45) is 5.92 Å². The van der Waals surface area contributed by atoms with Crippen LogP contribution in [0.4, 0.5) is 47.8 Å². The summed E-state index contributed by atoms with van der Waals surface area (Å²) in [5.74, 6) is -8.51. The maximum Gasteiger partial charge on any atom is 0.419 e. The van der Waals surface area contributed by atoms with Crippen LogP contribution in [0, 0.1) is 17.6 Å². The average molecular weight is 657 g/mol. The first-order chi connectivity index (χ1) is 19.5. The van der Waals surface area contributed by atoms with Gasteiger partial charge in [0.05, 0.1) is 27.8 Å². The van der Waals surface area contributed by atoms with E-state index in [2.05, 4.69) is 10.6 Å². The molecule has 0 bridgehead atoms. The Morgan fingerprint density at radius 3 is 2.10 bits per heavy atom. The van der Waals surface area contributed by atoms with Crippen LogP contribution in [-0.2, 0) is 15.8 Å². The zero-order chi connectivity index (χ0) is 31.1. The molecule has 0 unspecified atom stereocenters. The lowest BCUT2D eigenvalue weighted by molar-refractivity contribution is -0.140. The summed E-state index contributed by atoms with van der Waals surface area (Å²) in [5, 5.41) is 6.50. The van der Waals surface area contributed by atoms with Crippen LogP contribution in [0.3, 0.4) is 0 Å². The Morgan fingerprint density at radius 2 is 1.48 bits per heavy atom. The molecule has 0 aromatic heterocycles. The predicted molar refractivity (Wildman–Crippen MR) is 141 cm³/mol. The van der Waals surface area contributed by atoms with Gasteiger partial charge in [0.2, 0.25) is 5.91 Å². The van der Waals surface area contributed by atoms with Gasteiger partial charge < -0.3 is 16.0 Å². The quantitative estimate of drug-likeness (QED) is 0.181. The molecular weight excluding hydrogens is 642 g/mol. The molecule has 0 radical (unpaired) electrons. The molecule has 0 aliphatic heterocycles. The van der Waals surface area contributed by atoms with Crippen LogP contribution in [-0.4, -0.2) is 28.5 Å². The number of carbonyl (C=O) groups excluding carboxylic acids is 3. The highest BCUT2D eigenvalue weighted by atomic mass is 35.5. The molecular formula is C26H15Cl3F7N3O3. The van der Waals surface area contributed by atoms with Crippen molar-refractivity contribution < 1.29 is 45.1 Å². The molecule has 1 aliphatic rings. The molecule has 0 heterocycles. The highest BCUT2D eigenvalue weighted by Gasteiger charge is 2.67. The number of hydrogen-bond donors (Lipinski definition) is 3. The minimum Gasteiger partial charge on any atom is -0.326 e. The number of hydrogen-bond acceptors (Lipinski definition) is 3. The molecule has 2 atom stereocenters. The second-order valence-corrected chi connectivity index (χ2v) is 10.8. The maximum absolute atomic E-state index is 14.5. The number of halogens is 10. The van der Waals surface area contributed by atoms with Crippen molar-refractivity contribution in [1.82, 2.24) is 0 Å². The normalized spacial score (nSPS) is 17.5. The smallest absolute Gasteiger partial charge is 0.326 e. The molecule has 4 rings (SSSR count). The molecule has 3 amide bonds. The van der Waals surface area contributed by atoms with Gasteiger partial charge in [-0.25, -0.2) is 8.78 Å². The first-order valence-electron chi connectivity index (χ1n) is 11.6. The molecule has 0 saturated heterocycles. The van der Waals surface area contributed by atoms with Crippen LogP contribution in [0.1, 0.15) is 27.4 Å². The average Bonchev–Trinajstić information content (AvgIpc) is 3.47. The van der Waals surface area contributed by atoms with Crippen molar-refractivity contribution >= 4 is 69.6 Å². The summed E-state index contributed by atoms with van der Waals surface area (Å²) in [6.45, 7) is 0. The summed E-state index contributed by atoms with van der Waals surface area (Å²) in [4.78, 5) is 36.7. The third kappa shape index (κ3) is 6.58. The summed E-state index contributed by atoms with van der Waals surface area (Å²) in [6, 6.07) is 8.54. The van der Waals surface area contributed by atoms with Gasteiger partial charge in [-0.2, -0.15) is 22.0 Å². The molecule has 42 heavy (non-hydrogen) atoms. The Hall–Kier alpha value is -3.55. The number of anilines is 3. The molecule has 0 spiro atoms. The number of alkyl halides is 7. The summed E-state index contributed by atoms with van der Waals surface area (Å²) < 4.78 is 90.6. The highest BCUT2D eigenvalue weighted by molar-refractivity contribution is 6.53. The van der Waals surface area contributed by atoms with Crippen molar-refractivity contribution in [3.63, 3.8) is 0 Å². The van der Waals surface area contributed by atoms with E-state index in [-0.39, 0.29) is 27.6 Å². The Bertz CT molecular complexity index is 1580. The van der Waals surface area contributed by atoms with Crippen LogP contribution < -0.4 is 16.0 Å². The third-order valence-electron chi connectivity index (χ3n) is 6.15. The molecule has 3 aromatic rings. The first kappa shape index (κ1) is 31.4. The largest absolute Gasteiger partial charge is 0.419 e. The number of rotatable bonds is 7. The number of nitrogens with one attached hydrogen (secondary N) is 3. The van der Waals surface area contributed by atoms with Crippen molar-refractivity contribution in [1.29, 1.82) is 0 Å². The van der Waals surface area contributed by atoms with Gasteiger partial charge in [0.25, 0.3) is 11.8 Å². The third-order valence-corrected chi connectivity index (χ3v) is 7.42. The van der Waals surface area contributed by atoms with Gasteiger partial charge >= 0.3 is 12.6 Å². The van der Waals surface area contributed by atoms with E-state index in [0.29, 0.717) is 18.2 Å². The van der Waals surface area contributed by atoms with Crippen molar-refractivity contribution in [3.8, 4) is 0 Å². The van der Waals surface area contributed by atoms with Gasteiger partial charge in [0.15, 0.2) is 0 Å². The Morgan fingerprint density at radius 1 is 0.833 bits per heavy atom. The van der Waals surface area contributed by atoms with E-state index in [0.717, 1.165) is 18.2 Å². The predicted octanol–water partition coefficient (Wildman–Crippen LogP) is 7.62. The van der Waals surface area contributed by atoms with E-state index in [9.17, 15) is 45.1 Å². The Balaban J connectivity index is 1.48. The monoisotopic (exact) mass is 655 g/mol. The van der Waals surface area contributed by atoms with Gasteiger partial charge in [-0.15, -0.1) is 23.2 Å². The molecule has 1 aliphatic carbocycles. The fourth-order valence-electron chi connectivity index (χ4n) is 4.10. The zero-order valence-electron chi connectivity index (χ0n) is 20.4. The van der Waals surface area contributed by atoms with E-state index < -0.39 is 69.3 Å². The summed E-state index contributed by atoms with van der Waals surface area (Å²) in [7, 11) is 0. The fraction of sp³-hybridized carbons (Fsp3) is 0.192. The van der Waals surface area contributed by atoms with E-state index in [4.69, 9.17) is 34.8 Å². The van der Waals surface area contributed by atoms with Crippen LogP contribution in [0.15, 0.2) is 54.6 Å². The lowest BCUT2D eigenvalue weighted by Gasteiger charge is -2.12. The standard InChI is InChI=1S/C26H15Cl3F7N3O3/c27-15-5-3-12(9-18(15)39-22(40)13-4-2-11(8-17(13)31)38-24(42)21(32)33)37-23(41)20-19(25(20,28)29)10-1-6-16(30)14(7-10)26(34,35)36/h1-9,19-21H,(H,37,41)(H,38,42)(H,39,40)/t19-,20+/m0/s1. The second kappa shape index (κ2) is 11.6. The Labute approximate surface area is 247 Å². The summed E-state index contributed by atoms with van der Waals surface area (Å²) in [5.41, 5.74) is -2.58. The second-order valence-electron chi connectivity index (χ2n) is 8.99.